The molecule has 0 radical (unpaired) electrons. The third-order valence-corrected chi connectivity index (χ3v) is 9.12. The van der Waals surface area contributed by atoms with E-state index < -0.39 is 47.2 Å². The normalized spacial score (nSPS) is 15.1. The maximum atomic E-state index is 12.5. The van der Waals surface area contributed by atoms with Crippen molar-refractivity contribution in [1.82, 2.24) is 0 Å². The van der Waals surface area contributed by atoms with E-state index in [4.69, 9.17) is 21.9 Å². The van der Waals surface area contributed by atoms with Gasteiger partial charge in [0.15, 0.2) is 15.1 Å². The SMILES string of the molecule is CCCCCCCCCCCCS(=O)(=O)C(=S)C(C)(C#N)CC(C(=O)O)S(=O)(=O)O. The lowest BCUT2D eigenvalue weighted by molar-refractivity contribution is -0.137. The number of aliphatic carboxylic acids is 1. The summed E-state index contributed by atoms with van der Waals surface area (Å²) in [6, 6.07) is 1.62. The molecule has 0 fully saturated rings. The Morgan fingerprint density at radius 1 is 1.00 bits per heavy atom. The number of carboxylic acid groups (broad SMARTS) is 1. The molecular formula is C19H33NO7S3. The second-order valence-corrected chi connectivity index (χ2v) is 12.1. The number of hydrogen-bond donors (Lipinski definition) is 2. The van der Waals surface area contributed by atoms with Gasteiger partial charge in [0.05, 0.1) is 11.8 Å². The maximum Gasteiger partial charge on any atom is 0.324 e. The number of unbranched alkanes of at least 4 members (excludes halogenated alkanes) is 9. The third-order valence-electron chi connectivity index (χ3n) is 4.98. The number of sulfone groups is 1. The van der Waals surface area contributed by atoms with Gasteiger partial charge in [-0.3, -0.25) is 9.35 Å². The van der Waals surface area contributed by atoms with E-state index in [9.17, 15) is 26.9 Å². The quantitative estimate of drug-likeness (QED) is 0.189. The number of thiocarbonyl (C=S) groups is 1. The lowest BCUT2D eigenvalue weighted by Gasteiger charge is -2.24. The smallest absolute Gasteiger partial charge is 0.324 e. The van der Waals surface area contributed by atoms with Crippen LogP contribution < -0.4 is 0 Å². The molecule has 0 aromatic rings. The van der Waals surface area contributed by atoms with Crippen LogP contribution in [0.3, 0.4) is 0 Å². The van der Waals surface area contributed by atoms with Crippen molar-refractivity contribution in [2.24, 2.45) is 5.41 Å². The minimum atomic E-state index is -5.03. The van der Waals surface area contributed by atoms with E-state index in [-0.39, 0.29) is 5.75 Å². The molecule has 0 aliphatic rings. The summed E-state index contributed by atoms with van der Waals surface area (Å²) in [7, 11) is -9.04. The Hall–Kier alpha value is -1.09. The molecule has 0 aromatic heterocycles. The van der Waals surface area contributed by atoms with Crippen LogP contribution in [0.4, 0.5) is 0 Å². The Morgan fingerprint density at radius 2 is 1.43 bits per heavy atom. The highest BCUT2D eigenvalue weighted by Crippen LogP contribution is 2.31. The Labute approximate surface area is 185 Å². The summed E-state index contributed by atoms with van der Waals surface area (Å²) in [4.78, 5) is 11.1. The van der Waals surface area contributed by atoms with Gasteiger partial charge in [0.25, 0.3) is 10.1 Å². The van der Waals surface area contributed by atoms with Gasteiger partial charge in [0.2, 0.25) is 0 Å². The van der Waals surface area contributed by atoms with Crippen molar-refractivity contribution in [3.63, 3.8) is 0 Å². The first-order valence-corrected chi connectivity index (χ1v) is 13.8. The number of nitriles is 1. The molecule has 0 spiro atoms. The average Bonchev–Trinajstić information content (AvgIpc) is 2.65. The van der Waals surface area contributed by atoms with Gasteiger partial charge in [-0.05, 0) is 13.3 Å². The zero-order chi connectivity index (χ0) is 23.4. The van der Waals surface area contributed by atoms with Crippen LogP contribution in [0.2, 0.25) is 0 Å². The number of carboxylic acids is 1. The second kappa shape index (κ2) is 13.3. The molecule has 0 aliphatic carbocycles. The van der Waals surface area contributed by atoms with Crippen molar-refractivity contribution in [3.8, 4) is 6.07 Å². The number of carbonyl (C=O) groups is 1. The first-order valence-electron chi connectivity index (χ1n) is 10.2. The molecule has 0 saturated carbocycles. The van der Waals surface area contributed by atoms with Gasteiger partial charge in [0, 0.05) is 6.42 Å². The second-order valence-electron chi connectivity index (χ2n) is 7.78. The van der Waals surface area contributed by atoms with Crippen LogP contribution in [0.25, 0.3) is 0 Å². The van der Waals surface area contributed by atoms with Crippen molar-refractivity contribution >= 4 is 42.3 Å². The van der Waals surface area contributed by atoms with E-state index in [0.717, 1.165) is 26.2 Å². The molecular weight excluding hydrogens is 450 g/mol. The van der Waals surface area contributed by atoms with Crippen LogP contribution in [-0.4, -0.2) is 47.7 Å². The molecule has 0 saturated heterocycles. The van der Waals surface area contributed by atoms with Gasteiger partial charge in [-0.15, -0.1) is 0 Å². The fourth-order valence-corrected chi connectivity index (χ4v) is 5.84. The maximum absolute atomic E-state index is 12.5. The molecule has 0 aliphatic heterocycles. The van der Waals surface area contributed by atoms with Crippen LogP contribution in [0.1, 0.15) is 84.5 Å². The Balaban J connectivity index is 4.71. The molecule has 0 amide bonds. The first-order chi connectivity index (χ1) is 13.8. The van der Waals surface area contributed by atoms with Gasteiger partial charge in [0.1, 0.15) is 9.61 Å². The monoisotopic (exact) mass is 483 g/mol. The number of hydrogen-bond acceptors (Lipinski definition) is 7. The average molecular weight is 484 g/mol. The van der Waals surface area contributed by atoms with Crippen LogP contribution >= 0.6 is 12.2 Å². The highest BCUT2D eigenvalue weighted by Gasteiger charge is 2.45. The van der Waals surface area contributed by atoms with Gasteiger partial charge in [-0.1, -0.05) is 76.9 Å². The Kier molecular flexibility index (Phi) is 12.9. The molecule has 0 aromatic carbocycles. The largest absolute Gasteiger partial charge is 0.480 e. The molecule has 2 atom stereocenters. The van der Waals surface area contributed by atoms with E-state index in [0.29, 0.717) is 12.8 Å². The lowest BCUT2D eigenvalue weighted by Crippen LogP contribution is -2.41. The lowest BCUT2D eigenvalue weighted by atomic mass is 9.89. The van der Waals surface area contributed by atoms with Crippen molar-refractivity contribution in [3.05, 3.63) is 0 Å². The van der Waals surface area contributed by atoms with Crippen LogP contribution in [0.15, 0.2) is 0 Å². The van der Waals surface area contributed by atoms with E-state index in [1.807, 2.05) is 0 Å². The molecule has 11 heteroatoms. The zero-order valence-electron chi connectivity index (χ0n) is 17.7. The molecule has 0 bridgehead atoms. The fourth-order valence-electron chi connectivity index (χ4n) is 3.08. The Bertz CT molecular complexity index is 816. The summed E-state index contributed by atoms with van der Waals surface area (Å²) in [6.07, 6.45) is 9.15. The Morgan fingerprint density at radius 3 is 1.80 bits per heavy atom. The number of rotatable bonds is 16. The van der Waals surface area contributed by atoms with Gasteiger partial charge >= 0.3 is 5.97 Å². The predicted molar refractivity (Wildman–Crippen MR) is 120 cm³/mol. The summed E-state index contributed by atoms with van der Waals surface area (Å²) in [5.41, 5.74) is -2.04. The zero-order valence-corrected chi connectivity index (χ0v) is 20.1. The molecule has 30 heavy (non-hydrogen) atoms. The number of nitrogens with zero attached hydrogens (tertiary/aromatic N) is 1. The van der Waals surface area contributed by atoms with Crippen molar-refractivity contribution < 1.29 is 31.3 Å². The summed E-state index contributed by atoms with van der Waals surface area (Å²) >= 11 is 4.94. The minimum Gasteiger partial charge on any atom is -0.480 e. The molecule has 8 nitrogen and oxygen atoms in total. The first kappa shape index (κ1) is 28.9. The molecule has 174 valence electrons. The van der Waals surface area contributed by atoms with Gasteiger partial charge in [-0.25, -0.2) is 8.42 Å². The molecule has 0 heterocycles. The topological polar surface area (TPSA) is 150 Å². The minimum absolute atomic E-state index is 0.288. The summed E-state index contributed by atoms with van der Waals surface area (Å²) in [5.74, 6) is -2.17. The molecule has 2 N–H and O–H groups in total. The van der Waals surface area contributed by atoms with Gasteiger partial charge < -0.3 is 5.11 Å². The predicted octanol–water partition coefficient (Wildman–Crippen LogP) is 3.91. The highest BCUT2D eigenvalue weighted by atomic mass is 32.2. The van der Waals surface area contributed by atoms with Crippen molar-refractivity contribution in [1.29, 1.82) is 5.26 Å². The van der Waals surface area contributed by atoms with E-state index >= 15 is 0 Å². The van der Waals surface area contributed by atoms with E-state index in [1.165, 1.54) is 32.1 Å². The van der Waals surface area contributed by atoms with Crippen molar-refractivity contribution in [2.75, 3.05) is 5.75 Å². The summed E-state index contributed by atoms with van der Waals surface area (Å²) in [5, 5.41) is 16.1. The van der Waals surface area contributed by atoms with Crippen LogP contribution in [-0.2, 0) is 24.7 Å². The van der Waals surface area contributed by atoms with E-state index in [2.05, 4.69) is 6.92 Å². The summed E-state index contributed by atoms with van der Waals surface area (Å²) in [6.45, 7) is 3.24. The van der Waals surface area contributed by atoms with E-state index in [1.54, 1.807) is 6.07 Å². The highest BCUT2D eigenvalue weighted by molar-refractivity contribution is 8.17. The fraction of sp³-hybridized carbons (Fsp3) is 0.842. The van der Waals surface area contributed by atoms with Gasteiger partial charge in [-0.2, -0.15) is 13.7 Å². The molecule has 0 rings (SSSR count). The van der Waals surface area contributed by atoms with Crippen LogP contribution in [0, 0.1) is 16.7 Å². The third kappa shape index (κ3) is 10.3. The summed E-state index contributed by atoms with van der Waals surface area (Å²) < 4.78 is 56.0. The standard InChI is InChI=1S/C19H33NO7S3/c1-3-4-5-6-7-8-9-10-11-12-13-29(23,24)18(28)19(2,15-20)14-16(17(21)22)30(25,26)27/h16H,3-14H2,1-2H3,(H,21,22)(H,25,26,27). The van der Waals surface area contributed by atoms with Crippen molar-refractivity contribution in [2.45, 2.75) is 89.7 Å². The molecule has 2 unspecified atom stereocenters. The van der Waals surface area contributed by atoms with Crippen LogP contribution in [0.5, 0.6) is 0 Å².